The highest BCUT2D eigenvalue weighted by atomic mass is 19.4. The van der Waals surface area contributed by atoms with Gasteiger partial charge in [-0.2, -0.15) is 26.3 Å². The van der Waals surface area contributed by atoms with Crippen molar-refractivity contribution in [1.82, 2.24) is 0 Å². The van der Waals surface area contributed by atoms with E-state index < -0.39 is 46.6 Å². The molecule has 1 heterocycles. The zero-order chi connectivity index (χ0) is 25.5. The van der Waals surface area contributed by atoms with Crippen molar-refractivity contribution >= 4 is 17.3 Å². The van der Waals surface area contributed by atoms with Crippen LogP contribution >= 0.6 is 0 Å². The molecule has 1 amide bonds. The topological polar surface area (TPSA) is 61.8 Å². The fourth-order valence-corrected chi connectivity index (χ4v) is 4.08. The maximum Gasteiger partial charge on any atom is 0.416 e. The van der Waals surface area contributed by atoms with Gasteiger partial charge in [-0.1, -0.05) is 18.2 Å². The number of alkyl halides is 6. The van der Waals surface area contributed by atoms with Gasteiger partial charge in [0.05, 0.1) is 23.8 Å². The summed E-state index contributed by atoms with van der Waals surface area (Å²) in [6.45, 7) is 4.78. The monoisotopic (exact) mass is 490 g/mol. The van der Waals surface area contributed by atoms with Crippen molar-refractivity contribution in [3.05, 3.63) is 58.7 Å². The number of hydrogen-bond donors (Lipinski definition) is 2. The lowest BCUT2D eigenvalue weighted by atomic mass is 9.80. The van der Waals surface area contributed by atoms with Gasteiger partial charge in [0.25, 0.3) is 0 Å². The number of anilines is 2. The van der Waals surface area contributed by atoms with Crippen molar-refractivity contribution < 1.29 is 41.0 Å². The lowest BCUT2D eigenvalue weighted by molar-refractivity contribution is -0.144. The molecule has 0 bridgehead atoms. The summed E-state index contributed by atoms with van der Waals surface area (Å²) in [6.07, 6.45) is -11.4. The van der Waals surface area contributed by atoms with Crippen LogP contribution in [0.15, 0.2) is 36.4 Å². The Morgan fingerprint density at radius 2 is 1.59 bits per heavy atom. The number of halogens is 6. The Labute approximate surface area is 192 Å². The number of ether oxygens (including phenoxy) is 1. The molecular formula is C23H24F6N2O3. The highest BCUT2D eigenvalue weighted by Crippen LogP contribution is 2.39. The van der Waals surface area contributed by atoms with Gasteiger partial charge in [-0.15, -0.1) is 0 Å². The van der Waals surface area contributed by atoms with Gasteiger partial charge in [0, 0.05) is 17.9 Å². The van der Waals surface area contributed by atoms with Gasteiger partial charge in [0.15, 0.2) is 0 Å². The number of rotatable bonds is 4. The van der Waals surface area contributed by atoms with Crippen molar-refractivity contribution in [2.24, 2.45) is 5.41 Å². The Bertz CT molecular complexity index is 1020. The van der Waals surface area contributed by atoms with Crippen molar-refractivity contribution in [2.45, 2.75) is 39.2 Å². The maximum absolute atomic E-state index is 13.3. The minimum atomic E-state index is -5.06. The first-order chi connectivity index (χ1) is 15.6. The molecule has 0 spiro atoms. The molecule has 0 aliphatic carbocycles. The van der Waals surface area contributed by atoms with Gasteiger partial charge < -0.3 is 20.1 Å². The number of carbonyl (C=O) groups is 1. The molecule has 11 heteroatoms. The molecule has 0 aromatic heterocycles. The molecular weight excluding hydrogens is 466 g/mol. The first kappa shape index (κ1) is 25.8. The summed E-state index contributed by atoms with van der Waals surface area (Å²) in [5, 5.41) is 12.7. The molecule has 1 aliphatic rings. The Morgan fingerprint density at radius 3 is 2.06 bits per heavy atom. The lowest BCUT2D eigenvalue weighted by Crippen LogP contribution is -2.59. The molecule has 2 unspecified atom stereocenters. The first-order valence-corrected chi connectivity index (χ1v) is 10.3. The number of para-hydroxylation sites is 1. The van der Waals surface area contributed by atoms with Crippen LogP contribution in [0.4, 0.5) is 37.7 Å². The van der Waals surface area contributed by atoms with Gasteiger partial charge in [0.1, 0.15) is 12.1 Å². The second-order valence-corrected chi connectivity index (χ2v) is 8.50. The molecule has 186 valence electrons. The number of nitrogens with one attached hydrogen (secondary N) is 1. The molecule has 1 fully saturated rings. The van der Waals surface area contributed by atoms with E-state index in [4.69, 9.17) is 4.74 Å². The SMILES string of the molecule is Cc1cccc(C)c1N1COCC(C(=O)Nc2cc(C(F)(F)F)cc(C(F)(F)F)c2)(C(C)O)C1. The van der Waals surface area contributed by atoms with Gasteiger partial charge in [-0.3, -0.25) is 4.79 Å². The predicted molar refractivity (Wildman–Crippen MR) is 113 cm³/mol. The molecule has 2 atom stereocenters. The number of aliphatic hydroxyl groups excluding tert-OH is 1. The molecule has 2 aromatic carbocycles. The standard InChI is InChI=1S/C23H24F6N2O3/c1-13-5-4-6-14(2)19(13)31-10-21(15(3)32,11-34-12-31)20(33)30-18-8-16(22(24,25)26)7-17(9-18)23(27,28)29/h4-9,15,32H,10-12H2,1-3H3,(H,30,33). The largest absolute Gasteiger partial charge is 0.416 e. The third-order valence-electron chi connectivity index (χ3n) is 5.93. The van der Waals surface area contributed by atoms with Crippen molar-refractivity contribution in [3.8, 4) is 0 Å². The summed E-state index contributed by atoms with van der Waals surface area (Å²) < 4.78 is 84.8. The molecule has 0 radical (unpaired) electrons. The third kappa shape index (κ3) is 5.15. The van der Waals surface area contributed by atoms with E-state index in [1.54, 1.807) is 4.90 Å². The Kier molecular flexibility index (Phi) is 6.92. The summed E-state index contributed by atoms with van der Waals surface area (Å²) in [7, 11) is 0. The van der Waals surface area contributed by atoms with Crippen LogP contribution in [0.1, 0.15) is 29.2 Å². The highest BCUT2D eigenvalue weighted by Gasteiger charge is 2.48. The molecule has 3 rings (SSSR count). The Balaban J connectivity index is 1.98. The van der Waals surface area contributed by atoms with E-state index in [1.165, 1.54) is 6.92 Å². The summed E-state index contributed by atoms with van der Waals surface area (Å²) in [6, 6.07) is 6.38. The van der Waals surface area contributed by atoms with Crippen LogP contribution in [0.3, 0.4) is 0 Å². The van der Waals surface area contributed by atoms with Crippen LogP contribution in [0.25, 0.3) is 0 Å². The van der Waals surface area contributed by atoms with E-state index >= 15 is 0 Å². The van der Waals surface area contributed by atoms with E-state index in [0.717, 1.165) is 16.8 Å². The van der Waals surface area contributed by atoms with Gasteiger partial charge in [-0.25, -0.2) is 0 Å². The van der Waals surface area contributed by atoms with Crippen LogP contribution in [0.5, 0.6) is 0 Å². The fraction of sp³-hybridized carbons (Fsp3) is 0.435. The summed E-state index contributed by atoms with van der Waals surface area (Å²) in [5.74, 6) is -0.953. The van der Waals surface area contributed by atoms with E-state index in [-0.39, 0.29) is 25.9 Å². The van der Waals surface area contributed by atoms with Crippen LogP contribution < -0.4 is 10.2 Å². The molecule has 5 nitrogen and oxygen atoms in total. The zero-order valence-electron chi connectivity index (χ0n) is 18.6. The van der Waals surface area contributed by atoms with E-state index in [2.05, 4.69) is 5.32 Å². The molecule has 0 saturated carbocycles. The minimum Gasteiger partial charge on any atom is -0.392 e. The average molecular weight is 490 g/mol. The van der Waals surface area contributed by atoms with Crippen molar-refractivity contribution in [1.29, 1.82) is 0 Å². The molecule has 2 N–H and O–H groups in total. The number of aliphatic hydroxyl groups is 1. The number of amides is 1. The van der Waals surface area contributed by atoms with Crippen LogP contribution in [0.2, 0.25) is 0 Å². The van der Waals surface area contributed by atoms with Crippen molar-refractivity contribution in [2.75, 3.05) is 30.1 Å². The Morgan fingerprint density at radius 1 is 1.06 bits per heavy atom. The lowest BCUT2D eigenvalue weighted by Gasteiger charge is -2.44. The Hall–Kier alpha value is -2.79. The second-order valence-electron chi connectivity index (χ2n) is 8.50. The smallest absolute Gasteiger partial charge is 0.392 e. The van der Waals surface area contributed by atoms with E-state index in [0.29, 0.717) is 12.1 Å². The summed E-state index contributed by atoms with van der Waals surface area (Å²) >= 11 is 0. The van der Waals surface area contributed by atoms with E-state index in [9.17, 15) is 36.2 Å². The first-order valence-electron chi connectivity index (χ1n) is 10.3. The molecule has 34 heavy (non-hydrogen) atoms. The van der Waals surface area contributed by atoms with Crippen LogP contribution in [0, 0.1) is 19.3 Å². The highest BCUT2D eigenvalue weighted by molar-refractivity contribution is 5.96. The van der Waals surface area contributed by atoms with Gasteiger partial charge in [-0.05, 0) is 50.1 Å². The number of aryl methyl sites for hydroxylation is 2. The zero-order valence-corrected chi connectivity index (χ0v) is 18.6. The van der Waals surface area contributed by atoms with Gasteiger partial charge in [0.2, 0.25) is 5.91 Å². The quantitative estimate of drug-likeness (QED) is 0.583. The number of hydrogen-bond acceptors (Lipinski definition) is 4. The molecule has 1 saturated heterocycles. The number of benzene rings is 2. The molecule has 1 aliphatic heterocycles. The minimum absolute atomic E-state index is 0.0213. The normalized spacial score (nSPS) is 20.2. The summed E-state index contributed by atoms with van der Waals surface area (Å²) in [5.41, 5.74) is -2.94. The average Bonchev–Trinajstić information content (AvgIpc) is 2.72. The number of carbonyl (C=O) groups excluding carboxylic acids is 1. The molecule has 2 aromatic rings. The predicted octanol–water partition coefficient (Wildman–Crippen LogP) is 5.14. The van der Waals surface area contributed by atoms with E-state index in [1.807, 2.05) is 32.0 Å². The fourth-order valence-electron chi connectivity index (χ4n) is 4.08. The number of nitrogens with zero attached hydrogens (tertiary/aromatic N) is 1. The second kappa shape index (κ2) is 9.10. The maximum atomic E-state index is 13.3. The van der Waals surface area contributed by atoms with Crippen molar-refractivity contribution in [3.63, 3.8) is 0 Å². The third-order valence-corrected chi connectivity index (χ3v) is 5.93. The van der Waals surface area contributed by atoms with Crippen LogP contribution in [-0.4, -0.2) is 37.0 Å². The van der Waals surface area contributed by atoms with Gasteiger partial charge >= 0.3 is 12.4 Å². The summed E-state index contributed by atoms with van der Waals surface area (Å²) in [4.78, 5) is 15.0. The van der Waals surface area contributed by atoms with Crippen LogP contribution in [-0.2, 0) is 21.9 Å².